The number of anilines is 2. The van der Waals surface area contributed by atoms with Gasteiger partial charge in [0.25, 0.3) is 0 Å². The van der Waals surface area contributed by atoms with E-state index in [0.29, 0.717) is 11.1 Å². The summed E-state index contributed by atoms with van der Waals surface area (Å²) in [7, 11) is 1.90. The maximum absolute atomic E-state index is 13.0. The van der Waals surface area contributed by atoms with Crippen LogP contribution in [0.5, 0.6) is 0 Å². The van der Waals surface area contributed by atoms with Crippen molar-refractivity contribution >= 4 is 23.1 Å². The second kappa shape index (κ2) is 6.00. The van der Waals surface area contributed by atoms with Crippen molar-refractivity contribution in [2.24, 2.45) is 0 Å². The van der Waals surface area contributed by atoms with Crippen LogP contribution in [0.25, 0.3) is 0 Å². The molecule has 2 aromatic rings. The first-order chi connectivity index (χ1) is 10.1. The Kier molecular flexibility index (Phi) is 4.08. The monoisotopic (exact) mass is 305 g/mol. The molecule has 5 heteroatoms. The Hall–Kier alpha value is -1.65. The molecule has 0 spiro atoms. The van der Waals surface area contributed by atoms with Crippen LogP contribution < -0.4 is 10.2 Å². The highest BCUT2D eigenvalue weighted by Crippen LogP contribution is 2.26. The molecule has 1 saturated carbocycles. The molecule has 1 fully saturated rings. The number of halogens is 2. The fourth-order valence-corrected chi connectivity index (χ4v) is 2.30. The number of pyridine rings is 1. The van der Waals surface area contributed by atoms with Gasteiger partial charge in [-0.3, -0.25) is 0 Å². The number of aromatic nitrogens is 1. The van der Waals surface area contributed by atoms with E-state index in [0.717, 1.165) is 23.6 Å². The summed E-state index contributed by atoms with van der Waals surface area (Å²) in [6, 6.07) is 8.95. The summed E-state index contributed by atoms with van der Waals surface area (Å²) in [5, 5.41) is 4.11. The Balaban J connectivity index is 1.79. The minimum absolute atomic E-state index is 0.245. The molecule has 3 rings (SSSR count). The van der Waals surface area contributed by atoms with E-state index in [2.05, 4.69) is 10.3 Å². The smallest absolute Gasteiger partial charge is 0.133 e. The SMILES string of the molecule is CN(c1ccc(F)cc1)c1cc(CNC2CC2)c(Cl)cn1. The second-order valence-electron chi connectivity index (χ2n) is 5.32. The van der Waals surface area contributed by atoms with E-state index in [1.165, 1.54) is 25.0 Å². The van der Waals surface area contributed by atoms with Crippen molar-refractivity contribution in [1.82, 2.24) is 10.3 Å². The molecule has 0 radical (unpaired) electrons. The van der Waals surface area contributed by atoms with Crippen molar-refractivity contribution in [1.29, 1.82) is 0 Å². The normalized spacial score (nSPS) is 14.2. The van der Waals surface area contributed by atoms with Gasteiger partial charge in [-0.1, -0.05) is 11.6 Å². The van der Waals surface area contributed by atoms with Crippen LogP contribution in [-0.2, 0) is 6.54 Å². The zero-order valence-corrected chi connectivity index (χ0v) is 12.6. The van der Waals surface area contributed by atoms with Crippen LogP contribution >= 0.6 is 11.6 Å². The number of nitrogens with zero attached hydrogens (tertiary/aromatic N) is 2. The first-order valence-corrected chi connectivity index (χ1v) is 7.38. The Morgan fingerprint density at radius 3 is 2.71 bits per heavy atom. The summed E-state index contributed by atoms with van der Waals surface area (Å²) in [5.74, 6) is 0.546. The van der Waals surface area contributed by atoms with Crippen LogP contribution in [-0.4, -0.2) is 18.1 Å². The molecule has 0 atom stereocenters. The number of hydrogen-bond acceptors (Lipinski definition) is 3. The molecule has 0 saturated heterocycles. The molecule has 1 aromatic heterocycles. The molecule has 0 bridgehead atoms. The van der Waals surface area contributed by atoms with E-state index in [1.807, 2.05) is 18.0 Å². The predicted molar refractivity (Wildman–Crippen MR) is 83.6 cm³/mol. The van der Waals surface area contributed by atoms with Gasteiger partial charge in [-0.2, -0.15) is 0 Å². The van der Waals surface area contributed by atoms with Crippen LogP contribution in [0.15, 0.2) is 36.5 Å². The third-order valence-corrected chi connectivity index (χ3v) is 3.98. The Morgan fingerprint density at radius 2 is 2.05 bits per heavy atom. The molecule has 1 aliphatic rings. The van der Waals surface area contributed by atoms with Crippen molar-refractivity contribution in [3.63, 3.8) is 0 Å². The van der Waals surface area contributed by atoms with E-state index in [9.17, 15) is 4.39 Å². The van der Waals surface area contributed by atoms with Crippen LogP contribution in [0.1, 0.15) is 18.4 Å². The Bertz CT molecular complexity index is 626. The zero-order chi connectivity index (χ0) is 14.8. The highest BCUT2D eigenvalue weighted by atomic mass is 35.5. The lowest BCUT2D eigenvalue weighted by atomic mass is 10.2. The van der Waals surface area contributed by atoms with Crippen molar-refractivity contribution in [2.75, 3.05) is 11.9 Å². The van der Waals surface area contributed by atoms with Crippen LogP contribution in [0.4, 0.5) is 15.9 Å². The van der Waals surface area contributed by atoms with E-state index in [-0.39, 0.29) is 5.82 Å². The number of rotatable bonds is 5. The molecule has 1 aromatic carbocycles. The Morgan fingerprint density at radius 1 is 1.33 bits per heavy atom. The summed E-state index contributed by atoms with van der Waals surface area (Å²) in [5.41, 5.74) is 1.91. The lowest BCUT2D eigenvalue weighted by molar-refractivity contribution is 0.628. The maximum atomic E-state index is 13.0. The van der Waals surface area contributed by atoms with Crippen molar-refractivity contribution in [3.8, 4) is 0 Å². The molecule has 0 aliphatic heterocycles. The molecule has 1 heterocycles. The second-order valence-corrected chi connectivity index (χ2v) is 5.73. The van der Waals surface area contributed by atoms with Crippen LogP contribution in [0.3, 0.4) is 0 Å². The van der Waals surface area contributed by atoms with Gasteiger partial charge in [-0.15, -0.1) is 0 Å². The molecule has 1 aliphatic carbocycles. The minimum Gasteiger partial charge on any atom is -0.329 e. The fraction of sp³-hybridized carbons (Fsp3) is 0.312. The van der Waals surface area contributed by atoms with Gasteiger partial charge in [0.15, 0.2) is 0 Å². The van der Waals surface area contributed by atoms with Gasteiger partial charge in [0.1, 0.15) is 11.6 Å². The molecule has 110 valence electrons. The summed E-state index contributed by atoms with van der Waals surface area (Å²) < 4.78 is 13.0. The van der Waals surface area contributed by atoms with Crippen molar-refractivity contribution in [2.45, 2.75) is 25.4 Å². The number of benzene rings is 1. The largest absolute Gasteiger partial charge is 0.329 e. The zero-order valence-electron chi connectivity index (χ0n) is 11.8. The summed E-state index contributed by atoms with van der Waals surface area (Å²) in [6.45, 7) is 0.746. The average molecular weight is 306 g/mol. The molecule has 21 heavy (non-hydrogen) atoms. The van der Waals surface area contributed by atoms with Gasteiger partial charge in [0.05, 0.1) is 5.02 Å². The molecular weight excluding hydrogens is 289 g/mol. The number of hydrogen-bond donors (Lipinski definition) is 1. The van der Waals surface area contributed by atoms with Gasteiger partial charge >= 0.3 is 0 Å². The fourth-order valence-electron chi connectivity index (χ4n) is 2.13. The summed E-state index contributed by atoms with van der Waals surface area (Å²) in [6.07, 6.45) is 4.15. The Labute approximate surface area is 128 Å². The van der Waals surface area contributed by atoms with Gasteiger partial charge in [0, 0.05) is 31.5 Å². The van der Waals surface area contributed by atoms with Crippen LogP contribution in [0, 0.1) is 5.82 Å². The maximum Gasteiger partial charge on any atom is 0.133 e. The number of nitrogens with one attached hydrogen (secondary N) is 1. The lowest BCUT2D eigenvalue weighted by Gasteiger charge is -2.19. The standard InChI is InChI=1S/C16H17ClFN3/c1-21(14-6-2-12(18)3-7-14)16-8-11(15(17)10-20-16)9-19-13-4-5-13/h2-3,6-8,10,13,19H,4-5,9H2,1H3. The van der Waals surface area contributed by atoms with Gasteiger partial charge in [-0.25, -0.2) is 9.37 Å². The highest BCUT2D eigenvalue weighted by molar-refractivity contribution is 6.31. The predicted octanol–water partition coefficient (Wildman–Crippen LogP) is 3.89. The van der Waals surface area contributed by atoms with Gasteiger partial charge < -0.3 is 10.2 Å². The topological polar surface area (TPSA) is 28.2 Å². The van der Waals surface area contributed by atoms with Crippen LogP contribution in [0.2, 0.25) is 5.02 Å². The molecular formula is C16H17ClFN3. The third kappa shape index (κ3) is 3.52. The van der Waals surface area contributed by atoms with Crippen molar-refractivity contribution in [3.05, 3.63) is 52.9 Å². The van der Waals surface area contributed by atoms with E-state index in [1.54, 1.807) is 18.3 Å². The lowest BCUT2D eigenvalue weighted by Crippen LogP contribution is -2.17. The van der Waals surface area contributed by atoms with E-state index < -0.39 is 0 Å². The molecule has 3 nitrogen and oxygen atoms in total. The summed E-state index contributed by atoms with van der Waals surface area (Å²) >= 11 is 6.20. The first kappa shape index (κ1) is 14.3. The van der Waals surface area contributed by atoms with Gasteiger partial charge in [-0.05, 0) is 48.7 Å². The molecule has 0 unspecified atom stereocenters. The minimum atomic E-state index is -0.245. The molecule has 0 amide bonds. The first-order valence-electron chi connectivity index (χ1n) is 7.00. The highest BCUT2D eigenvalue weighted by Gasteiger charge is 2.20. The quantitative estimate of drug-likeness (QED) is 0.908. The van der Waals surface area contributed by atoms with Gasteiger partial charge in [0.2, 0.25) is 0 Å². The van der Waals surface area contributed by atoms with E-state index >= 15 is 0 Å². The average Bonchev–Trinajstić information content (AvgIpc) is 3.31. The third-order valence-electron chi connectivity index (χ3n) is 3.64. The summed E-state index contributed by atoms with van der Waals surface area (Å²) in [4.78, 5) is 6.27. The van der Waals surface area contributed by atoms with Crippen molar-refractivity contribution < 1.29 is 4.39 Å². The van der Waals surface area contributed by atoms with E-state index in [4.69, 9.17) is 11.6 Å². The molecule has 1 N–H and O–H groups in total.